The predicted octanol–water partition coefficient (Wildman–Crippen LogP) is 2.85. The molecule has 39 heavy (non-hydrogen) atoms. The average Bonchev–Trinajstić information content (AvgIpc) is 3.77. The van der Waals surface area contributed by atoms with Crippen LogP contribution in [0.2, 0.25) is 0 Å². The van der Waals surface area contributed by atoms with Gasteiger partial charge in [0.2, 0.25) is 5.91 Å². The van der Waals surface area contributed by atoms with Gasteiger partial charge in [0.15, 0.2) is 12.2 Å². The minimum atomic E-state index is -0.972. The van der Waals surface area contributed by atoms with Crippen molar-refractivity contribution >= 4 is 23.9 Å². The molecule has 1 fully saturated rings. The number of hydrogen-bond acceptors (Lipinski definition) is 7. The summed E-state index contributed by atoms with van der Waals surface area (Å²) in [5.74, 6) is -1.56. The maximum absolute atomic E-state index is 12.8. The zero-order valence-electron chi connectivity index (χ0n) is 22.4. The number of hydrogen-bond donors (Lipinski definition) is 3. The Hall–Kier alpha value is -3.92. The second-order valence-electron chi connectivity index (χ2n) is 9.43. The third kappa shape index (κ3) is 10.0. The monoisotopic (exact) mass is 539 g/mol. The zero-order valence-corrected chi connectivity index (χ0v) is 22.4. The molecule has 0 aliphatic carbocycles. The number of amides is 3. The van der Waals surface area contributed by atoms with Crippen LogP contribution in [-0.4, -0.2) is 55.2 Å². The highest BCUT2D eigenvalue weighted by Crippen LogP contribution is 2.25. The van der Waals surface area contributed by atoms with Gasteiger partial charge in [-0.15, -0.1) is 0 Å². The number of unbranched alkanes of at least 4 members (excludes halogenated alkanes) is 1. The Morgan fingerprint density at radius 1 is 0.821 bits per heavy atom. The standard InChI is InChI=1S/C29H37N3O7/c1-3-20(2)23(32-27(34)24-25(39-24)28(35)37-18-21-12-6-4-7-13-21)26(33)30-16-10-11-17-31-29(36)38-19-22-14-8-5-9-15-22/h4-9,12-15,20,23-25H,3,10-11,16-19H2,1-2H3,(H,30,33)(H,31,36)(H,32,34)/t20-,23-,24?,25?/m0/s1. The van der Waals surface area contributed by atoms with E-state index >= 15 is 0 Å². The number of benzene rings is 2. The molecule has 2 unspecified atom stereocenters. The van der Waals surface area contributed by atoms with Crippen molar-refractivity contribution in [2.75, 3.05) is 13.1 Å². The van der Waals surface area contributed by atoms with Gasteiger partial charge in [-0.25, -0.2) is 9.59 Å². The number of esters is 1. The lowest BCUT2D eigenvalue weighted by atomic mass is 9.98. The van der Waals surface area contributed by atoms with Crippen LogP contribution in [0, 0.1) is 5.92 Å². The number of alkyl carbamates (subject to hydrolysis) is 1. The number of carbonyl (C=O) groups is 4. The van der Waals surface area contributed by atoms with Crippen LogP contribution < -0.4 is 16.0 Å². The minimum absolute atomic E-state index is 0.0934. The molecule has 10 nitrogen and oxygen atoms in total. The predicted molar refractivity (Wildman–Crippen MR) is 143 cm³/mol. The maximum atomic E-state index is 12.8. The van der Waals surface area contributed by atoms with E-state index in [2.05, 4.69) is 16.0 Å². The molecule has 1 saturated heterocycles. The second-order valence-corrected chi connectivity index (χ2v) is 9.43. The van der Waals surface area contributed by atoms with Crippen LogP contribution >= 0.6 is 0 Å². The van der Waals surface area contributed by atoms with Gasteiger partial charge in [0.1, 0.15) is 19.3 Å². The summed E-state index contributed by atoms with van der Waals surface area (Å²) in [6, 6.07) is 17.8. The van der Waals surface area contributed by atoms with Crippen LogP contribution in [0.4, 0.5) is 4.79 Å². The smallest absolute Gasteiger partial charge is 0.407 e. The quantitative estimate of drug-likeness (QED) is 0.180. The summed E-state index contributed by atoms with van der Waals surface area (Å²) < 4.78 is 15.6. The van der Waals surface area contributed by atoms with Gasteiger partial charge in [-0.2, -0.15) is 0 Å². The molecule has 0 aromatic heterocycles. The summed E-state index contributed by atoms with van der Waals surface area (Å²) in [6.07, 6.45) is -0.494. The first kappa shape index (κ1) is 29.6. The molecule has 3 rings (SSSR count). The summed E-state index contributed by atoms with van der Waals surface area (Å²) in [5.41, 5.74) is 1.74. The molecule has 2 aromatic rings. The van der Waals surface area contributed by atoms with Crippen molar-refractivity contribution in [1.29, 1.82) is 0 Å². The summed E-state index contributed by atoms with van der Waals surface area (Å²) >= 11 is 0. The Kier molecular flexibility index (Phi) is 11.8. The molecular weight excluding hydrogens is 502 g/mol. The molecule has 1 aliphatic rings. The van der Waals surface area contributed by atoms with Crippen molar-refractivity contribution in [3.8, 4) is 0 Å². The fraction of sp³-hybridized carbons (Fsp3) is 0.448. The van der Waals surface area contributed by atoms with Crippen LogP contribution in [0.25, 0.3) is 0 Å². The van der Waals surface area contributed by atoms with Crippen molar-refractivity contribution in [3.05, 3.63) is 71.8 Å². The third-order valence-electron chi connectivity index (χ3n) is 6.38. The SMILES string of the molecule is CC[C@H](C)[C@H](NC(=O)C1OC1C(=O)OCc1ccccc1)C(=O)NCCCCNC(=O)OCc1ccccc1. The molecule has 2 aromatic carbocycles. The minimum Gasteiger partial charge on any atom is -0.459 e. The Labute approximate surface area is 228 Å². The first-order valence-electron chi connectivity index (χ1n) is 13.3. The molecule has 4 atom stereocenters. The van der Waals surface area contributed by atoms with E-state index < -0.39 is 36.2 Å². The van der Waals surface area contributed by atoms with Crippen molar-refractivity contribution in [2.45, 2.75) is 64.6 Å². The molecule has 0 bridgehead atoms. The van der Waals surface area contributed by atoms with E-state index in [1.54, 1.807) is 0 Å². The van der Waals surface area contributed by atoms with Crippen LogP contribution in [-0.2, 0) is 41.8 Å². The van der Waals surface area contributed by atoms with Gasteiger partial charge in [-0.3, -0.25) is 9.59 Å². The van der Waals surface area contributed by atoms with E-state index in [9.17, 15) is 19.2 Å². The number of nitrogens with one attached hydrogen (secondary N) is 3. The number of ether oxygens (including phenoxy) is 3. The Bertz CT molecular complexity index is 1080. The fourth-order valence-corrected chi connectivity index (χ4v) is 3.78. The first-order chi connectivity index (χ1) is 18.9. The van der Waals surface area contributed by atoms with Gasteiger partial charge in [0.05, 0.1) is 0 Å². The molecule has 210 valence electrons. The van der Waals surface area contributed by atoms with Gasteiger partial charge in [0, 0.05) is 13.1 Å². The Balaban J connectivity index is 1.32. The molecule has 1 heterocycles. The molecule has 0 spiro atoms. The largest absolute Gasteiger partial charge is 0.459 e. The third-order valence-corrected chi connectivity index (χ3v) is 6.38. The molecule has 3 N–H and O–H groups in total. The molecule has 1 aliphatic heterocycles. The van der Waals surface area contributed by atoms with Crippen LogP contribution in [0.5, 0.6) is 0 Å². The topological polar surface area (TPSA) is 135 Å². The van der Waals surface area contributed by atoms with E-state index in [1.807, 2.05) is 74.5 Å². The van der Waals surface area contributed by atoms with Gasteiger partial charge in [0.25, 0.3) is 5.91 Å². The summed E-state index contributed by atoms with van der Waals surface area (Å²) in [5, 5.41) is 8.25. The highest BCUT2D eigenvalue weighted by atomic mass is 16.6. The van der Waals surface area contributed by atoms with E-state index in [0.29, 0.717) is 32.4 Å². The normalized spacial score (nSPS) is 17.3. The highest BCUT2D eigenvalue weighted by Gasteiger charge is 2.52. The van der Waals surface area contributed by atoms with E-state index in [1.165, 1.54) is 0 Å². The van der Waals surface area contributed by atoms with Crippen molar-refractivity contribution in [2.24, 2.45) is 5.92 Å². The summed E-state index contributed by atoms with van der Waals surface area (Å²) in [6.45, 7) is 4.89. The lowest BCUT2D eigenvalue weighted by Crippen LogP contribution is -2.51. The van der Waals surface area contributed by atoms with Crippen molar-refractivity contribution < 1.29 is 33.4 Å². The summed E-state index contributed by atoms with van der Waals surface area (Å²) in [7, 11) is 0. The molecule has 3 amide bonds. The van der Waals surface area contributed by atoms with E-state index in [0.717, 1.165) is 11.1 Å². The van der Waals surface area contributed by atoms with E-state index in [-0.39, 0.29) is 25.0 Å². The van der Waals surface area contributed by atoms with Crippen LogP contribution in [0.1, 0.15) is 44.2 Å². The lowest BCUT2D eigenvalue weighted by molar-refractivity contribution is -0.146. The van der Waals surface area contributed by atoms with Gasteiger partial charge in [-0.05, 0) is 29.9 Å². The van der Waals surface area contributed by atoms with Gasteiger partial charge >= 0.3 is 12.1 Å². The van der Waals surface area contributed by atoms with Crippen molar-refractivity contribution in [1.82, 2.24) is 16.0 Å². The number of epoxide rings is 1. The maximum Gasteiger partial charge on any atom is 0.407 e. The van der Waals surface area contributed by atoms with Crippen molar-refractivity contribution in [3.63, 3.8) is 0 Å². The van der Waals surface area contributed by atoms with E-state index in [4.69, 9.17) is 14.2 Å². The Morgan fingerprint density at radius 3 is 1.97 bits per heavy atom. The molecule has 0 saturated carbocycles. The molecule has 0 radical (unpaired) electrons. The second kappa shape index (κ2) is 15.5. The highest BCUT2D eigenvalue weighted by molar-refractivity contribution is 5.95. The zero-order chi connectivity index (χ0) is 28.0. The first-order valence-corrected chi connectivity index (χ1v) is 13.3. The molecular formula is C29H37N3O7. The van der Waals surface area contributed by atoms with Crippen LogP contribution in [0.15, 0.2) is 60.7 Å². The van der Waals surface area contributed by atoms with Gasteiger partial charge in [-0.1, -0.05) is 80.9 Å². The number of carbonyl (C=O) groups excluding carboxylic acids is 4. The molecule has 10 heteroatoms. The summed E-state index contributed by atoms with van der Waals surface area (Å²) in [4.78, 5) is 49.5. The Morgan fingerprint density at radius 2 is 1.38 bits per heavy atom. The van der Waals surface area contributed by atoms with Gasteiger partial charge < -0.3 is 30.2 Å². The average molecular weight is 540 g/mol. The number of rotatable bonds is 15. The lowest BCUT2D eigenvalue weighted by Gasteiger charge is -2.23. The fourth-order valence-electron chi connectivity index (χ4n) is 3.78. The van der Waals surface area contributed by atoms with Crippen LogP contribution in [0.3, 0.4) is 0 Å².